The Hall–Kier alpha value is -2.55. The molecule has 1 aliphatic rings. The maximum atomic E-state index is 12.8. The number of nitrogens with zero attached hydrogens (tertiary/aromatic N) is 1. The third-order valence-electron chi connectivity index (χ3n) is 4.63. The summed E-state index contributed by atoms with van der Waals surface area (Å²) in [4.78, 5) is 15.0. The second-order valence-electron chi connectivity index (χ2n) is 7.03. The van der Waals surface area contributed by atoms with Crippen molar-refractivity contribution >= 4 is 17.3 Å². The quantitative estimate of drug-likeness (QED) is 0.885. The van der Waals surface area contributed by atoms with Gasteiger partial charge in [-0.3, -0.25) is 4.79 Å². The summed E-state index contributed by atoms with van der Waals surface area (Å²) in [5.41, 5.74) is 3.87. The van der Waals surface area contributed by atoms with Gasteiger partial charge in [0.05, 0.1) is 0 Å². The van der Waals surface area contributed by atoms with Crippen LogP contribution in [0.2, 0.25) is 0 Å². The SMILES string of the molecule is Cc1ccc(N2C=C(C(=O)Nc3ccccc3)C(C)(C)CC2)cc1. The maximum Gasteiger partial charge on any atom is 0.253 e. The smallest absolute Gasteiger partial charge is 0.253 e. The van der Waals surface area contributed by atoms with Crippen molar-refractivity contribution < 1.29 is 4.79 Å². The van der Waals surface area contributed by atoms with E-state index < -0.39 is 0 Å². The monoisotopic (exact) mass is 320 g/mol. The number of rotatable bonds is 3. The lowest BCUT2D eigenvalue weighted by Crippen LogP contribution is -2.36. The van der Waals surface area contributed by atoms with Crippen LogP contribution in [0.4, 0.5) is 11.4 Å². The van der Waals surface area contributed by atoms with Crippen molar-refractivity contribution in [3.63, 3.8) is 0 Å². The molecule has 124 valence electrons. The van der Waals surface area contributed by atoms with Crippen molar-refractivity contribution in [2.45, 2.75) is 27.2 Å². The third-order valence-corrected chi connectivity index (χ3v) is 4.63. The van der Waals surface area contributed by atoms with Crippen LogP contribution in [0, 0.1) is 12.3 Å². The van der Waals surface area contributed by atoms with Crippen LogP contribution in [0.3, 0.4) is 0 Å². The molecule has 0 aliphatic carbocycles. The topological polar surface area (TPSA) is 32.3 Å². The predicted octanol–water partition coefficient (Wildman–Crippen LogP) is 4.75. The summed E-state index contributed by atoms with van der Waals surface area (Å²) >= 11 is 0. The minimum Gasteiger partial charge on any atom is -0.347 e. The number of hydrogen-bond acceptors (Lipinski definition) is 2. The van der Waals surface area contributed by atoms with Gasteiger partial charge in [-0.2, -0.15) is 0 Å². The molecule has 1 N–H and O–H groups in total. The van der Waals surface area contributed by atoms with E-state index >= 15 is 0 Å². The largest absolute Gasteiger partial charge is 0.347 e. The highest BCUT2D eigenvalue weighted by Gasteiger charge is 2.33. The Bertz CT molecular complexity index is 745. The Morgan fingerprint density at radius 2 is 1.71 bits per heavy atom. The fraction of sp³-hybridized carbons (Fsp3) is 0.286. The van der Waals surface area contributed by atoms with Crippen LogP contribution >= 0.6 is 0 Å². The Morgan fingerprint density at radius 1 is 1.04 bits per heavy atom. The van der Waals surface area contributed by atoms with E-state index in [-0.39, 0.29) is 11.3 Å². The summed E-state index contributed by atoms with van der Waals surface area (Å²) in [6.45, 7) is 7.27. The van der Waals surface area contributed by atoms with Gasteiger partial charge in [0.25, 0.3) is 5.91 Å². The summed E-state index contributed by atoms with van der Waals surface area (Å²) in [5.74, 6) is -0.0250. The summed E-state index contributed by atoms with van der Waals surface area (Å²) in [6.07, 6.45) is 2.95. The minimum atomic E-state index is -0.139. The second-order valence-corrected chi connectivity index (χ2v) is 7.03. The van der Waals surface area contributed by atoms with Crippen LogP contribution in [0.15, 0.2) is 66.4 Å². The van der Waals surface area contributed by atoms with Crippen molar-refractivity contribution in [2.24, 2.45) is 5.41 Å². The van der Waals surface area contributed by atoms with Crippen molar-refractivity contribution in [2.75, 3.05) is 16.8 Å². The lowest BCUT2D eigenvalue weighted by atomic mass is 9.78. The van der Waals surface area contributed by atoms with Gasteiger partial charge in [0.15, 0.2) is 0 Å². The first-order chi connectivity index (χ1) is 11.5. The van der Waals surface area contributed by atoms with Crippen molar-refractivity contribution in [3.8, 4) is 0 Å². The van der Waals surface area contributed by atoms with Gasteiger partial charge in [-0.15, -0.1) is 0 Å². The average molecular weight is 320 g/mol. The van der Waals surface area contributed by atoms with Crippen LogP contribution in [0.1, 0.15) is 25.8 Å². The van der Waals surface area contributed by atoms with E-state index in [1.807, 2.05) is 36.5 Å². The molecule has 2 aromatic rings. The van der Waals surface area contributed by atoms with Gasteiger partial charge in [0, 0.05) is 29.7 Å². The van der Waals surface area contributed by atoms with E-state index in [1.54, 1.807) is 0 Å². The number of aryl methyl sites for hydroxylation is 1. The molecular formula is C21H24N2O. The van der Waals surface area contributed by atoms with Gasteiger partial charge in [0.1, 0.15) is 0 Å². The lowest BCUT2D eigenvalue weighted by Gasteiger charge is -2.37. The van der Waals surface area contributed by atoms with Crippen molar-refractivity contribution in [1.29, 1.82) is 0 Å². The van der Waals surface area contributed by atoms with Gasteiger partial charge >= 0.3 is 0 Å². The molecule has 3 nitrogen and oxygen atoms in total. The second kappa shape index (κ2) is 6.52. The minimum absolute atomic E-state index is 0.0250. The van der Waals surface area contributed by atoms with Crippen LogP contribution in [-0.4, -0.2) is 12.5 Å². The molecule has 24 heavy (non-hydrogen) atoms. The molecule has 0 radical (unpaired) electrons. The molecule has 0 aromatic heterocycles. The number of nitrogens with one attached hydrogen (secondary N) is 1. The van der Waals surface area contributed by atoms with Crippen molar-refractivity contribution in [1.82, 2.24) is 0 Å². The molecular weight excluding hydrogens is 296 g/mol. The first-order valence-corrected chi connectivity index (χ1v) is 8.38. The number of carbonyl (C=O) groups is 1. The predicted molar refractivity (Wildman–Crippen MR) is 100 cm³/mol. The van der Waals surface area contributed by atoms with Gasteiger partial charge in [0.2, 0.25) is 0 Å². The molecule has 0 unspecified atom stereocenters. The zero-order valence-corrected chi connectivity index (χ0v) is 14.5. The first-order valence-electron chi connectivity index (χ1n) is 8.38. The molecule has 0 saturated heterocycles. The summed E-state index contributed by atoms with van der Waals surface area (Å²) in [5, 5.41) is 3.01. The maximum absolute atomic E-state index is 12.8. The molecule has 0 spiro atoms. The first kappa shape index (κ1) is 16.3. The molecule has 3 rings (SSSR count). The average Bonchev–Trinajstić information content (AvgIpc) is 2.56. The zero-order valence-electron chi connectivity index (χ0n) is 14.5. The molecule has 1 heterocycles. The standard InChI is InChI=1S/C21H24N2O/c1-16-9-11-18(12-10-16)23-14-13-21(2,3)19(15-23)20(24)22-17-7-5-4-6-8-17/h4-12,15H,13-14H2,1-3H3,(H,22,24). The number of amides is 1. The number of para-hydroxylation sites is 1. The van der Waals surface area contributed by atoms with Crippen LogP contribution in [-0.2, 0) is 4.79 Å². The number of hydrogen-bond donors (Lipinski definition) is 1. The fourth-order valence-corrected chi connectivity index (χ4v) is 2.96. The highest BCUT2D eigenvalue weighted by atomic mass is 16.1. The Balaban J connectivity index is 1.87. The highest BCUT2D eigenvalue weighted by Crippen LogP contribution is 2.36. The number of carbonyl (C=O) groups excluding carboxylic acids is 1. The molecule has 0 atom stereocenters. The van der Waals surface area contributed by atoms with Crippen LogP contribution in [0.5, 0.6) is 0 Å². The van der Waals surface area contributed by atoms with Gasteiger partial charge in [-0.25, -0.2) is 0 Å². The van der Waals surface area contributed by atoms with Crippen molar-refractivity contribution in [3.05, 3.63) is 71.9 Å². The van der Waals surface area contributed by atoms with Crippen LogP contribution in [0.25, 0.3) is 0 Å². The summed E-state index contributed by atoms with van der Waals surface area (Å²) < 4.78 is 0. The molecule has 2 aromatic carbocycles. The lowest BCUT2D eigenvalue weighted by molar-refractivity contribution is -0.113. The molecule has 3 heteroatoms. The van der Waals surface area contributed by atoms with E-state index in [1.165, 1.54) is 5.56 Å². The Kier molecular flexibility index (Phi) is 4.43. The van der Waals surface area contributed by atoms with E-state index in [0.29, 0.717) is 0 Å². The number of anilines is 2. The normalized spacial score (nSPS) is 16.5. The highest BCUT2D eigenvalue weighted by molar-refractivity contribution is 6.05. The third kappa shape index (κ3) is 3.51. The van der Waals surface area contributed by atoms with Gasteiger partial charge < -0.3 is 10.2 Å². The molecule has 1 amide bonds. The summed E-state index contributed by atoms with van der Waals surface area (Å²) in [6, 6.07) is 18.0. The van der Waals surface area contributed by atoms with E-state index in [4.69, 9.17) is 0 Å². The summed E-state index contributed by atoms with van der Waals surface area (Å²) in [7, 11) is 0. The van der Waals surface area contributed by atoms with Gasteiger partial charge in [-0.1, -0.05) is 49.7 Å². The fourth-order valence-electron chi connectivity index (χ4n) is 2.96. The van der Waals surface area contributed by atoms with E-state index in [9.17, 15) is 4.79 Å². The van der Waals surface area contributed by atoms with E-state index in [2.05, 4.69) is 55.3 Å². The zero-order chi connectivity index (χ0) is 17.2. The van der Waals surface area contributed by atoms with E-state index in [0.717, 1.165) is 29.9 Å². The van der Waals surface area contributed by atoms with Gasteiger partial charge in [-0.05, 0) is 43.0 Å². The Labute approximate surface area is 144 Å². The Morgan fingerprint density at radius 3 is 2.38 bits per heavy atom. The molecule has 1 aliphatic heterocycles. The molecule has 0 bridgehead atoms. The molecule has 0 saturated carbocycles. The van der Waals surface area contributed by atoms with Crippen LogP contribution < -0.4 is 10.2 Å². The molecule has 0 fully saturated rings. The number of benzene rings is 2.